The summed E-state index contributed by atoms with van der Waals surface area (Å²) < 4.78 is 5.75. The van der Waals surface area contributed by atoms with Crippen molar-refractivity contribution < 1.29 is 9.53 Å². The molecule has 19 heavy (non-hydrogen) atoms. The summed E-state index contributed by atoms with van der Waals surface area (Å²) in [7, 11) is 2.12. The molecule has 1 aliphatic heterocycles. The van der Waals surface area contributed by atoms with Crippen LogP contribution in [0.1, 0.15) is 23.7 Å². The van der Waals surface area contributed by atoms with Gasteiger partial charge in [-0.2, -0.15) is 0 Å². The van der Waals surface area contributed by atoms with Crippen LogP contribution in [0.2, 0.25) is 0 Å². The van der Waals surface area contributed by atoms with Gasteiger partial charge in [-0.1, -0.05) is 12.1 Å². The van der Waals surface area contributed by atoms with Crippen LogP contribution in [-0.4, -0.2) is 50.0 Å². The van der Waals surface area contributed by atoms with E-state index in [2.05, 4.69) is 17.3 Å². The first kappa shape index (κ1) is 14.0. The molecule has 4 nitrogen and oxygen atoms in total. The first-order valence-electron chi connectivity index (χ1n) is 6.82. The number of hydrogen-bond donors (Lipinski definition) is 1. The van der Waals surface area contributed by atoms with Crippen molar-refractivity contribution in [2.24, 2.45) is 0 Å². The molecule has 0 saturated carbocycles. The van der Waals surface area contributed by atoms with Gasteiger partial charge in [0.05, 0.1) is 5.56 Å². The van der Waals surface area contributed by atoms with Crippen molar-refractivity contribution in [3.8, 4) is 5.75 Å². The molecule has 0 amide bonds. The minimum absolute atomic E-state index is 0.0453. The van der Waals surface area contributed by atoms with Crippen LogP contribution in [0.25, 0.3) is 0 Å². The summed E-state index contributed by atoms with van der Waals surface area (Å²) in [5, 5.41) is 3.36. The fourth-order valence-electron chi connectivity index (χ4n) is 2.38. The second-order valence-corrected chi connectivity index (χ2v) is 5.03. The Balaban J connectivity index is 1.83. The van der Waals surface area contributed by atoms with Gasteiger partial charge in [-0.05, 0) is 39.1 Å². The number of rotatable bonds is 6. The van der Waals surface area contributed by atoms with Gasteiger partial charge in [-0.3, -0.25) is 9.69 Å². The van der Waals surface area contributed by atoms with Crippen LogP contribution in [0.5, 0.6) is 5.75 Å². The van der Waals surface area contributed by atoms with E-state index in [9.17, 15) is 4.79 Å². The number of likely N-dealkylation sites (N-methyl/N-ethyl adjacent to an activating group) is 1. The normalized spacial score (nSPS) is 18.8. The van der Waals surface area contributed by atoms with Crippen LogP contribution in [0.3, 0.4) is 0 Å². The molecule has 0 aromatic heterocycles. The highest BCUT2D eigenvalue weighted by Gasteiger charge is 2.18. The van der Waals surface area contributed by atoms with Gasteiger partial charge in [0.1, 0.15) is 12.4 Å². The summed E-state index contributed by atoms with van der Waals surface area (Å²) in [6.07, 6.45) is 1.19. The number of carbonyl (C=O) groups is 1. The van der Waals surface area contributed by atoms with Crippen molar-refractivity contribution in [1.82, 2.24) is 10.2 Å². The molecule has 1 aromatic rings. The smallest absolute Gasteiger partial charge is 0.163 e. The van der Waals surface area contributed by atoms with Crippen molar-refractivity contribution in [2.45, 2.75) is 19.4 Å². The number of carbonyl (C=O) groups excluding carboxylic acids is 1. The highest BCUT2D eigenvalue weighted by Crippen LogP contribution is 2.18. The second kappa shape index (κ2) is 6.68. The Morgan fingerprint density at radius 2 is 2.26 bits per heavy atom. The highest BCUT2D eigenvalue weighted by atomic mass is 16.5. The number of para-hydroxylation sites is 1. The van der Waals surface area contributed by atoms with Gasteiger partial charge in [0.15, 0.2) is 5.78 Å². The lowest BCUT2D eigenvalue weighted by Gasteiger charge is -2.23. The molecule has 1 aromatic carbocycles. The van der Waals surface area contributed by atoms with Gasteiger partial charge in [0.2, 0.25) is 0 Å². The Labute approximate surface area is 114 Å². The van der Waals surface area contributed by atoms with Crippen molar-refractivity contribution in [2.75, 3.05) is 33.3 Å². The van der Waals surface area contributed by atoms with Crippen LogP contribution < -0.4 is 10.1 Å². The van der Waals surface area contributed by atoms with E-state index in [1.165, 1.54) is 6.42 Å². The van der Waals surface area contributed by atoms with Gasteiger partial charge >= 0.3 is 0 Å². The summed E-state index contributed by atoms with van der Waals surface area (Å²) in [6.45, 7) is 5.21. The highest BCUT2D eigenvalue weighted by molar-refractivity contribution is 5.96. The van der Waals surface area contributed by atoms with Crippen molar-refractivity contribution >= 4 is 5.78 Å². The molecular formula is C15H22N2O2. The zero-order valence-electron chi connectivity index (χ0n) is 11.7. The van der Waals surface area contributed by atoms with Crippen molar-refractivity contribution in [3.63, 3.8) is 0 Å². The fourth-order valence-corrected chi connectivity index (χ4v) is 2.38. The van der Waals surface area contributed by atoms with Gasteiger partial charge in [-0.15, -0.1) is 0 Å². The second-order valence-electron chi connectivity index (χ2n) is 5.03. The van der Waals surface area contributed by atoms with E-state index < -0.39 is 0 Å². The Kier molecular flexibility index (Phi) is 4.93. The molecule has 1 heterocycles. The molecule has 1 fully saturated rings. The van der Waals surface area contributed by atoms with Gasteiger partial charge in [0.25, 0.3) is 0 Å². The maximum absolute atomic E-state index is 11.5. The van der Waals surface area contributed by atoms with Crippen molar-refractivity contribution in [1.29, 1.82) is 0 Å². The monoisotopic (exact) mass is 262 g/mol. The van der Waals surface area contributed by atoms with Gasteiger partial charge in [-0.25, -0.2) is 0 Å². The molecule has 104 valence electrons. The molecule has 0 radical (unpaired) electrons. The topological polar surface area (TPSA) is 41.6 Å². The molecule has 2 rings (SSSR count). The summed E-state index contributed by atoms with van der Waals surface area (Å²) >= 11 is 0. The maximum Gasteiger partial charge on any atom is 0.163 e. The Bertz CT molecular complexity index is 428. The lowest BCUT2D eigenvalue weighted by atomic mass is 10.1. The molecule has 1 aliphatic rings. The number of Topliss-reactive ketones (excluding diaryl/α,β-unsaturated/α-hetero) is 1. The van der Waals surface area contributed by atoms with E-state index in [0.717, 1.165) is 19.6 Å². The molecule has 0 aliphatic carbocycles. The molecular weight excluding hydrogens is 240 g/mol. The third-order valence-electron chi connectivity index (χ3n) is 3.63. The van der Waals surface area contributed by atoms with E-state index in [-0.39, 0.29) is 5.78 Å². The average molecular weight is 262 g/mol. The lowest BCUT2D eigenvalue weighted by Crippen LogP contribution is -2.36. The zero-order valence-corrected chi connectivity index (χ0v) is 11.7. The molecule has 0 spiro atoms. The predicted molar refractivity (Wildman–Crippen MR) is 75.8 cm³/mol. The Morgan fingerprint density at radius 1 is 1.47 bits per heavy atom. The third kappa shape index (κ3) is 3.78. The maximum atomic E-state index is 11.5. The van der Waals surface area contributed by atoms with Crippen molar-refractivity contribution in [3.05, 3.63) is 29.8 Å². The molecule has 1 saturated heterocycles. The van der Waals surface area contributed by atoms with E-state index in [1.54, 1.807) is 6.92 Å². The summed E-state index contributed by atoms with van der Waals surface area (Å²) in [5.74, 6) is 0.733. The summed E-state index contributed by atoms with van der Waals surface area (Å²) in [4.78, 5) is 13.8. The number of ether oxygens (including phenoxy) is 1. The number of ketones is 1. The Morgan fingerprint density at radius 3 is 2.95 bits per heavy atom. The SMILES string of the molecule is CC(=O)c1ccccc1OCCN(C)C1CCNC1. The quantitative estimate of drug-likeness (QED) is 0.790. The predicted octanol–water partition coefficient (Wildman–Crippen LogP) is 1.56. The van der Waals surface area contributed by atoms with E-state index in [1.807, 2.05) is 24.3 Å². The molecule has 4 heteroatoms. The third-order valence-corrected chi connectivity index (χ3v) is 3.63. The first-order valence-corrected chi connectivity index (χ1v) is 6.82. The number of benzene rings is 1. The summed E-state index contributed by atoms with van der Waals surface area (Å²) in [5.41, 5.74) is 0.660. The number of hydrogen-bond acceptors (Lipinski definition) is 4. The standard InChI is InChI=1S/C15H22N2O2/c1-12(18)14-5-3-4-6-15(14)19-10-9-17(2)13-7-8-16-11-13/h3-6,13,16H,7-11H2,1-2H3. The summed E-state index contributed by atoms with van der Waals surface area (Å²) in [6, 6.07) is 8.02. The van der Waals surface area contributed by atoms with E-state index in [4.69, 9.17) is 4.74 Å². The number of nitrogens with one attached hydrogen (secondary N) is 1. The van der Waals surface area contributed by atoms with Gasteiger partial charge in [0, 0.05) is 19.1 Å². The minimum Gasteiger partial charge on any atom is -0.491 e. The van der Waals surface area contributed by atoms with E-state index in [0.29, 0.717) is 24.0 Å². The van der Waals surface area contributed by atoms with Crippen LogP contribution in [-0.2, 0) is 0 Å². The minimum atomic E-state index is 0.0453. The van der Waals surface area contributed by atoms with E-state index >= 15 is 0 Å². The van der Waals surface area contributed by atoms with Crippen LogP contribution in [0.15, 0.2) is 24.3 Å². The van der Waals surface area contributed by atoms with Gasteiger partial charge < -0.3 is 10.1 Å². The van der Waals surface area contributed by atoms with Crippen LogP contribution >= 0.6 is 0 Å². The fraction of sp³-hybridized carbons (Fsp3) is 0.533. The first-order chi connectivity index (χ1) is 9.18. The molecule has 1 N–H and O–H groups in total. The largest absolute Gasteiger partial charge is 0.491 e. The van der Waals surface area contributed by atoms with Crippen LogP contribution in [0.4, 0.5) is 0 Å². The number of nitrogens with zero attached hydrogens (tertiary/aromatic N) is 1. The zero-order chi connectivity index (χ0) is 13.7. The molecule has 1 atom stereocenters. The molecule has 1 unspecified atom stereocenters. The average Bonchev–Trinajstić information content (AvgIpc) is 2.93. The van der Waals surface area contributed by atoms with Crippen LogP contribution in [0, 0.1) is 0 Å². The molecule has 0 bridgehead atoms. The Hall–Kier alpha value is -1.39. The lowest BCUT2D eigenvalue weighted by molar-refractivity contribution is 0.101.